The monoisotopic (exact) mass is 461 g/mol. The third-order valence-corrected chi connectivity index (χ3v) is 6.64. The molecule has 5 rings (SSSR count). The van der Waals surface area contributed by atoms with Crippen LogP contribution < -0.4 is 5.32 Å². The summed E-state index contributed by atoms with van der Waals surface area (Å²) in [7, 11) is 0. The number of benzene rings is 2. The van der Waals surface area contributed by atoms with Gasteiger partial charge in [0.2, 0.25) is 0 Å². The van der Waals surface area contributed by atoms with E-state index in [1.165, 1.54) is 0 Å². The molecule has 2 amide bonds. The quantitative estimate of drug-likeness (QED) is 0.482. The molecule has 1 aliphatic heterocycles. The van der Waals surface area contributed by atoms with E-state index in [4.69, 9.17) is 4.74 Å². The number of aryl methyl sites for hydroxylation is 1. The minimum Gasteiger partial charge on any atom is -0.365 e. The lowest BCUT2D eigenvalue weighted by atomic mass is 10.1. The molecule has 2 aromatic heterocycles. The van der Waals surface area contributed by atoms with Gasteiger partial charge in [-0.25, -0.2) is 4.98 Å². The van der Waals surface area contributed by atoms with Crippen LogP contribution in [0.2, 0.25) is 0 Å². The predicted molar refractivity (Wildman–Crippen MR) is 127 cm³/mol. The highest BCUT2D eigenvalue weighted by atomic mass is 32.1. The predicted octanol–water partition coefficient (Wildman–Crippen LogP) is 3.78. The van der Waals surface area contributed by atoms with E-state index in [0.29, 0.717) is 24.5 Å². The lowest BCUT2D eigenvalue weighted by molar-refractivity contribution is -0.131. The molecule has 33 heavy (non-hydrogen) atoms. The van der Waals surface area contributed by atoms with Gasteiger partial charge in [-0.1, -0.05) is 30.3 Å². The van der Waals surface area contributed by atoms with Gasteiger partial charge in [0.25, 0.3) is 11.8 Å². The first-order valence-corrected chi connectivity index (χ1v) is 11.5. The zero-order valence-corrected chi connectivity index (χ0v) is 19.1. The summed E-state index contributed by atoms with van der Waals surface area (Å²) in [5, 5.41) is 11.1. The Hall–Kier alpha value is -3.56. The van der Waals surface area contributed by atoms with E-state index in [0.717, 1.165) is 32.0 Å². The molecule has 1 unspecified atom stereocenters. The number of morpholine rings is 1. The number of H-pyrrole nitrogens is 1. The minimum atomic E-state index is -0.770. The second-order valence-electron chi connectivity index (χ2n) is 7.95. The molecule has 3 heterocycles. The van der Waals surface area contributed by atoms with Crippen molar-refractivity contribution in [1.29, 1.82) is 0 Å². The summed E-state index contributed by atoms with van der Waals surface area (Å²) in [6, 6.07) is 15.3. The zero-order chi connectivity index (χ0) is 22.9. The number of ether oxygens (including phenoxy) is 1. The fourth-order valence-electron chi connectivity index (χ4n) is 3.95. The lowest BCUT2D eigenvalue weighted by Crippen LogP contribution is -2.50. The van der Waals surface area contributed by atoms with Gasteiger partial charge in [-0.15, -0.1) is 11.3 Å². The number of nitrogens with zero attached hydrogens (tertiary/aromatic N) is 3. The summed E-state index contributed by atoms with van der Waals surface area (Å²) < 4.78 is 6.66. The summed E-state index contributed by atoms with van der Waals surface area (Å²) in [5.74, 6) is 0.0125. The number of thiazole rings is 1. The van der Waals surface area contributed by atoms with Crippen molar-refractivity contribution in [1.82, 2.24) is 20.1 Å². The summed E-state index contributed by atoms with van der Waals surface area (Å²) >= 11 is 1.56. The summed E-state index contributed by atoms with van der Waals surface area (Å²) in [6.45, 7) is 4.75. The fraction of sp³-hybridized carbons (Fsp3) is 0.250. The Labute approximate surface area is 194 Å². The SMILES string of the molecule is Cc1nc2ccc(C(=O)N3CCOC(C(=O)Nc4n[nH]c(-c5ccccc5)c4C)C3)cc2s1. The van der Waals surface area contributed by atoms with E-state index in [2.05, 4.69) is 20.5 Å². The molecule has 2 N–H and O–H groups in total. The number of hydrogen-bond acceptors (Lipinski definition) is 6. The average molecular weight is 462 g/mol. The number of fused-ring (bicyclic) bond motifs is 1. The Morgan fingerprint density at radius 1 is 1.18 bits per heavy atom. The number of carbonyl (C=O) groups excluding carboxylic acids is 2. The molecule has 2 aromatic carbocycles. The van der Waals surface area contributed by atoms with Crippen LogP contribution >= 0.6 is 11.3 Å². The first-order chi connectivity index (χ1) is 16.0. The number of hydrogen-bond donors (Lipinski definition) is 2. The van der Waals surface area contributed by atoms with E-state index in [-0.39, 0.29) is 18.4 Å². The van der Waals surface area contributed by atoms with Crippen LogP contribution in [0.5, 0.6) is 0 Å². The topological polar surface area (TPSA) is 100 Å². The molecular weight excluding hydrogens is 438 g/mol. The minimum absolute atomic E-state index is 0.119. The Balaban J connectivity index is 1.28. The largest absolute Gasteiger partial charge is 0.365 e. The van der Waals surface area contributed by atoms with Crippen molar-refractivity contribution >= 4 is 39.2 Å². The molecule has 0 saturated carbocycles. The Morgan fingerprint density at radius 2 is 2.00 bits per heavy atom. The highest BCUT2D eigenvalue weighted by Gasteiger charge is 2.30. The van der Waals surface area contributed by atoms with Gasteiger partial charge in [0.1, 0.15) is 0 Å². The molecule has 4 aromatic rings. The third-order valence-electron chi connectivity index (χ3n) is 5.70. The van der Waals surface area contributed by atoms with Crippen molar-refractivity contribution in [2.24, 2.45) is 0 Å². The molecule has 1 atom stereocenters. The fourth-order valence-corrected chi connectivity index (χ4v) is 4.82. The van der Waals surface area contributed by atoms with Crippen LogP contribution in [0, 0.1) is 13.8 Å². The highest BCUT2D eigenvalue weighted by molar-refractivity contribution is 7.18. The Bertz CT molecular complexity index is 1330. The number of anilines is 1. The molecule has 9 heteroatoms. The number of aromatic amines is 1. The molecule has 1 saturated heterocycles. The summed E-state index contributed by atoms with van der Waals surface area (Å²) in [6.07, 6.45) is -0.770. The Kier molecular flexibility index (Phi) is 5.65. The average Bonchev–Trinajstić information content (AvgIpc) is 3.40. The normalized spacial score (nSPS) is 16.2. The van der Waals surface area contributed by atoms with Crippen LogP contribution in [0.15, 0.2) is 48.5 Å². The molecule has 0 bridgehead atoms. The van der Waals surface area contributed by atoms with E-state index in [1.807, 2.05) is 56.3 Å². The highest BCUT2D eigenvalue weighted by Crippen LogP contribution is 2.26. The summed E-state index contributed by atoms with van der Waals surface area (Å²) in [4.78, 5) is 32.1. The second kappa shape index (κ2) is 8.76. The number of nitrogens with one attached hydrogen (secondary N) is 2. The van der Waals surface area contributed by atoms with Crippen LogP contribution in [-0.2, 0) is 9.53 Å². The van der Waals surface area contributed by atoms with Crippen molar-refractivity contribution in [3.63, 3.8) is 0 Å². The van der Waals surface area contributed by atoms with E-state index < -0.39 is 6.10 Å². The molecule has 0 radical (unpaired) electrons. The molecule has 0 aliphatic carbocycles. The third kappa shape index (κ3) is 4.24. The zero-order valence-electron chi connectivity index (χ0n) is 18.3. The molecular formula is C24H23N5O3S. The van der Waals surface area contributed by atoms with Gasteiger partial charge in [0.05, 0.1) is 34.1 Å². The van der Waals surface area contributed by atoms with E-state index in [9.17, 15) is 9.59 Å². The first-order valence-electron chi connectivity index (χ1n) is 10.7. The first kappa shape index (κ1) is 21.3. The van der Waals surface area contributed by atoms with Crippen molar-refractivity contribution in [3.8, 4) is 11.3 Å². The van der Waals surface area contributed by atoms with Crippen molar-refractivity contribution in [2.75, 3.05) is 25.0 Å². The van der Waals surface area contributed by atoms with E-state index >= 15 is 0 Å². The standard InChI is InChI=1S/C24H23N5O3S/c1-14-21(16-6-4-3-5-7-16)27-28-22(14)26-23(30)19-13-29(10-11-32-19)24(31)17-8-9-18-20(12-17)33-15(2)25-18/h3-9,12,19H,10-11,13H2,1-2H3,(H2,26,27,28,30). The number of amides is 2. The maximum atomic E-state index is 13.1. The molecule has 168 valence electrons. The van der Waals surface area contributed by atoms with Gasteiger partial charge < -0.3 is 15.0 Å². The molecule has 1 aliphatic rings. The lowest BCUT2D eigenvalue weighted by Gasteiger charge is -2.32. The van der Waals surface area contributed by atoms with Crippen LogP contribution in [-0.4, -0.2) is 57.7 Å². The van der Waals surface area contributed by atoms with Gasteiger partial charge >= 0.3 is 0 Å². The molecule has 8 nitrogen and oxygen atoms in total. The van der Waals surface area contributed by atoms with Crippen LogP contribution in [0.25, 0.3) is 21.5 Å². The smallest absolute Gasteiger partial charge is 0.256 e. The number of aromatic nitrogens is 3. The van der Waals surface area contributed by atoms with Gasteiger partial charge in [-0.3, -0.25) is 14.7 Å². The number of carbonyl (C=O) groups is 2. The van der Waals surface area contributed by atoms with Gasteiger partial charge in [-0.05, 0) is 37.6 Å². The van der Waals surface area contributed by atoms with E-state index in [1.54, 1.807) is 22.3 Å². The van der Waals surface area contributed by atoms with Crippen molar-refractivity contribution in [2.45, 2.75) is 20.0 Å². The number of rotatable bonds is 4. The van der Waals surface area contributed by atoms with Crippen LogP contribution in [0.3, 0.4) is 0 Å². The van der Waals surface area contributed by atoms with Gasteiger partial charge in [-0.2, -0.15) is 5.10 Å². The molecule has 0 spiro atoms. The van der Waals surface area contributed by atoms with Gasteiger partial charge in [0.15, 0.2) is 11.9 Å². The molecule has 1 fully saturated rings. The van der Waals surface area contributed by atoms with Crippen molar-refractivity contribution in [3.05, 3.63) is 64.7 Å². The van der Waals surface area contributed by atoms with Gasteiger partial charge in [0, 0.05) is 17.7 Å². The Morgan fingerprint density at radius 3 is 2.82 bits per heavy atom. The maximum Gasteiger partial charge on any atom is 0.256 e. The van der Waals surface area contributed by atoms with Crippen molar-refractivity contribution < 1.29 is 14.3 Å². The second-order valence-corrected chi connectivity index (χ2v) is 9.19. The maximum absolute atomic E-state index is 13.1. The van der Waals surface area contributed by atoms with Crippen LogP contribution in [0.4, 0.5) is 5.82 Å². The van der Waals surface area contributed by atoms with Crippen LogP contribution in [0.1, 0.15) is 20.9 Å². The summed E-state index contributed by atoms with van der Waals surface area (Å²) in [5.41, 5.74) is 4.15.